The van der Waals surface area contributed by atoms with Gasteiger partial charge in [-0.25, -0.2) is 15.4 Å². The molecule has 0 saturated heterocycles. The molecule has 23 heavy (non-hydrogen) atoms. The summed E-state index contributed by atoms with van der Waals surface area (Å²) in [5.74, 6) is 1.26. The van der Waals surface area contributed by atoms with Crippen molar-refractivity contribution >= 4 is 24.0 Å². The Kier molecular flexibility index (Phi) is 4.33. The van der Waals surface area contributed by atoms with Gasteiger partial charge in [-0.3, -0.25) is 0 Å². The van der Waals surface area contributed by atoms with Gasteiger partial charge in [-0.15, -0.1) is 0 Å². The third-order valence-electron chi connectivity index (χ3n) is 3.23. The first-order chi connectivity index (χ1) is 11.3. The normalized spacial score (nSPS) is 16.0. The molecule has 1 aliphatic heterocycles. The lowest BCUT2D eigenvalue weighted by atomic mass is 10.1. The van der Waals surface area contributed by atoms with Crippen molar-refractivity contribution in [3.63, 3.8) is 0 Å². The lowest BCUT2D eigenvalue weighted by molar-refractivity contribution is 0.474. The highest BCUT2D eigenvalue weighted by molar-refractivity contribution is 6.14. The average molecular weight is 308 g/mol. The van der Waals surface area contributed by atoms with Crippen LogP contribution in [0.1, 0.15) is 24.7 Å². The van der Waals surface area contributed by atoms with Crippen molar-refractivity contribution in [2.24, 2.45) is 15.1 Å². The molecule has 0 aliphatic carbocycles. The van der Waals surface area contributed by atoms with Gasteiger partial charge in [-0.05, 0) is 30.7 Å². The molecule has 116 valence electrons. The molecule has 0 atom stereocenters. The maximum atomic E-state index is 9.86. The molecule has 0 unspecified atom stereocenters. The summed E-state index contributed by atoms with van der Waals surface area (Å²) < 4.78 is 5.15. The van der Waals surface area contributed by atoms with Crippen LogP contribution in [0.2, 0.25) is 0 Å². The Morgan fingerprint density at radius 1 is 1.22 bits per heavy atom. The van der Waals surface area contributed by atoms with Crippen molar-refractivity contribution in [2.45, 2.75) is 13.3 Å². The molecule has 0 bridgehead atoms. The number of para-hydroxylation sites is 1. The number of phenolic OH excluding ortho intramolecular Hbond substituents is 1. The summed E-state index contributed by atoms with van der Waals surface area (Å²) in [6.07, 6.45) is 5.67. The number of hydrazone groups is 1. The highest BCUT2D eigenvalue weighted by Crippen LogP contribution is 2.22. The molecule has 6 nitrogen and oxygen atoms in total. The van der Waals surface area contributed by atoms with Crippen LogP contribution in [0.15, 0.2) is 67.9 Å². The van der Waals surface area contributed by atoms with Crippen LogP contribution in [0.25, 0.3) is 6.08 Å². The summed E-state index contributed by atoms with van der Waals surface area (Å²) in [6, 6.07) is 10.7. The molecule has 1 aromatic carbocycles. The van der Waals surface area contributed by atoms with E-state index >= 15 is 0 Å². The predicted molar refractivity (Wildman–Crippen MR) is 90.7 cm³/mol. The predicted octanol–water partition coefficient (Wildman–Crippen LogP) is 3.17. The van der Waals surface area contributed by atoms with Gasteiger partial charge in [0, 0.05) is 5.56 Å². The Labute approximate surface area is 133 Å². The number of allylic oxidation sites excluding steroid dienone is 1. The van der Waals surface area contributed by atoms with Gasteiger partial charge in [0.1, 0.15) is 11.5 Å². The molecule has 0 fully saturated rings. The van der Waals surface area contributed by atoms with E-state index in [1.165, 1.54) is 0 Å². The Bertz CT molecular complexity index is 802. The van der Waals surface area contributed by atoms with Crippen LogP contribution in [-0.4, -0.2) is 23.0 Å². The second-order valence-corrected chi connectivity index (χ2v) is 4.82. The lowest BCUT2D eigenvalue weighted by Crippen LogP contribution is -2.13. The molecule has 0 amide bonds. The smallest absolute Gasteiger partial charge is 0.244 e. The first-order valence-electron chi connectivity index (χ1n) is 7.25. The van der Waals surface area contributed by atoms with E-state index in [4.69, 9.17) is 4.42 Å². The van der Waals surface area contributed by atoms with Crippen molar-refractivity contribution in [3.05, 3.63) is 59.7 Å². The number of guanidine groups is 1. The molecule has 2 N–H and O–H groups in total. The van der Waals surface area contributed by atoms with Gasteiger partial charge < -0.3 is 9.52 Å². The molecule has 0 saturated carbocycles. The number of nitrogens with one attached hydrogen (secondary N) is 1. The standard InChI is InChI=1S/C17H16N4O2/c1-2-14-15(10-12-6-3-4-8-16(12)22)20-17(19-14)21-18-11-13-7-5-9-23-13/h3-11,22H,2H2,1H3,(H,20,21)/b15-10+,18-11?. The van der Waals surface area contributed by atoms with Crippen molar-refractivity contribution in [3.8, 4) is 5.75 Å². The van der Waals surface area contributed by atoms with Gasteiger partial charge in [0.05, 0.1) is 23.9 Å². The molecule has 6 heteroatoms. The van der Waals surface area contributed by atoms with E-state index in [-0.39, 0.29) is 5.75 Å². The Morgan fingerprint density at radius 3 is 2.83 bits per heavy atom. The zero-order chi connectivity index (χ0) is 16.1. The van der Waals surface area contributed by atoms with Crippen LogP contribution in [-0.2, 0) is 0 Å². The van der Waals surface area contributed by atoms with Crippen LogP contribution in [0.4, 0.5) is 0 Å². The van der Waals surface area contributed by atoms with E-state index in [9.17, 15) is 5.11 Å². The second-order valence-electron chi connectivity index (χ2n) is 4.82. The number of benzene rings is 1. The number of rotatable bonds is 4. The van der Waals surface area contributed by atoms with E-state index in [0.717, 1.165) is 12.1 Å². The van der Waals surface area contributed by atoms with Gasteiger partial charge in [0.2, 0.25) is 5.96 Å². The molecule has 1 aromatic heterocycles. The van der Waals surface area contributed by atoms with Crippen molar-refractivity contribution in [1.29, 1.82) is 0 Å². The molecular weight excluding hydrogens is 292 g/mol. The largest absolute Gasteiger partial charge is 0.507 e. The lowest BCUT2D eigenvalue weighted by Gasteiger charge is -2.00. The van der Waals surface area contributed by atoms with Crippen molar-refractivity contribution in [1.82, 2.24) is 5.43 Å². The Balaban J connectivity index is 1.78. The first-order valence-corrected chi connectivity index (χ1v) is 7.25. The zero-order valence-corrected chi connectivity index (χ0v) is 12.6. The van der Waals surface area contributed by atoms with E-state index in [2.05, 4.69) is 20.5 Å². The summed E-state index contributed by atoms with van der Waals surface area (Å²) in [6.45, 7) is 2.00. The molecule has 2 heterocycles. The number of nitrogens with zero attached hydrogens (tertiary/aromatic N) is 3. The minimum atomic E-state index is 0.211. The summed E-state index contributed by atoms with van der Waals surface area (Å²) >= 11 is 0. The zero-order valence-electron chi connectivity index (χ0n) is 12.6. The van der Waals surface area contributed by atoms with Gasteiger partial charge in [0.15, 0.2) is 0 Å². The summed E-state index contributed by atoms with van der Waals surface area (Å²) in [7, 11) is 0. The maximum absolute atomic E-state index is 9.86. The second kappa shape index (κ2) is 6.74. The van der Waals surface area contributed by atoms with Gasteiger partial charge in [-0.2, -0.15) is 5.10 Å². The fourth-order valence-corrected chi connectivity index (χ4v) is 2.09. The third-order valence-corrected chi connectivity index (χ3v) is 3.23. The van der Waals surface area contributed by atoms with Gasteiger partial charge in [0.25, 0.3) is 0 Å². The molecule has 1 aliphatic rings. The number of phenols is 1. The highest BCUT2D eigenvalue weighted by Gasteiger charge is 2.15. The Morgan fingerprint density at radius 2 is 2.09 bits per heavy atom. The fourth-order valence-electron chi connectivity index (χ4n) is 2.09. The number of hydrogen-bond donors (Lipinski definition) is 2. The summed E-state index contributed by atoms with van der Waals surface area (Å²) in [4.78, 5) is 8.80. The maximum Gasteiger partial charge on any atom is 0.244 e. The molecule has 3 rings (SSSR count). The van der Waals surface area contributed by atoms with E-state index in [1.54, 1.807) is 36.7 Å². The monoisotopic (exact) mass is 308 g/mol. The molecule has 2 aromatic rings. The molecular formula is C17H16N4O2. The SMILES string of the molecule is CCC1=NC(NN=Cc2ccco2)=N/C1=C/c1ccccc1O. The van der Waals surface area contributed by atoms with Crippen LogP contribution in [0, 0.1) is 0 Å². The van der Waals surface area contributed by atoms with E-state index < -0.39 is 0 Å². The minimum Gasteiger partial charge on any atom is -0.507 e. The minimum absolute atomic E-state index is 0.211. The van der Waals surface area contributed by atoms with Gasteiger partial charge in [-0.1, -0.05) is 25.1 Å². The third kappa shape index (κ3) is 3.55. The molecule has 0 radical (unpaired) electrons. The van der Waals surface area contributed by atoms with E-state index in [1.807, 2.05) is 25.1 Å². The van der Waals surface area contributed by atoms with Crippen molar-refractivity contribution in [2.75, 3.05) is 0 Å². The highest BCUT2D eigenvalue weighted by atomic mass is 16.3. The fraction of sp³-hybridized carbons (Fsp3) is 0.118. The topological polar surface area (TPSA) is 82.5 Å². The number of aromatic hydroxyl groups is 1. The number of furan rings is 1. The van der Waals surface area contributed by atoms with Crippen LogP contribution < -0.4 is 5.43 Å². The van der Waals surface area contributed by atoms with Crippen LogP contribution in [0.3, 0.4) is 0 Å². The summed E-state index contributed by atoms with van der Waals surface area (Å²) in [5, 5.41) is 13.9. The average Bonchev–Trinajstić information content (AvgIpc) is 3.19. The number of aliphatic imine (C=N–C) groups is 2. The van der Waals surface area contributed by atoms with Crippen LogP contribution >= 0.6 is 0 Å². The van der Waals surface area contributed by atoms with Gasteiger partial charge >= 0.3 is 0 Å². The van der Waals surface area contributed by atoms with E-state index in [0.29, 0.717) is 23.0 Å². The summed E-state index contributed by atoms with van der Waals surface area (Å²) in [5.41, 5.74) is 5.03. The first kappa shape index (κ1) is 14.8. The Hall–Kier alpha value is -3.15. The molecule has 0 spiro atoms. The van der Waals surface area contributed by atoms with Crippen LogP contribution in [0.5, 0.6) is 5.75 Å². The van der Waals surface area contributed by atoms with Crippen molar-refractivity contribution < 1.29 is 9.52 Å². The number of hydrogen-bond acceptors (Lipinski definition) is 6. The quantitative estimate of drug-likeness (QED) is 0.672.